The molecule has 1 amide bonds. The molecular weight excluding hydrogens is 1160 g/mol. The van der Waals surface area contributed by atoms with Crippen molar-refractivity contribution in [3.63, 3.8) is 0 Å². The van der Waals surface area contributed by atoms with Gasteiger partial charge in [0.05, 0.1) is 88.7 Å². The number of nitrogens with one attached hydrogen (secondary N) is 1. The normalized spacial score (nSPS) is 39.9. The quantitative estimate of drug-likeness (QED) is 0.0230. The van der Waals surface area contributed by atoms with Crippen LogP contribution in [-0.2, 0) is 52.1 Å². The zero-order chi connectivity index (χ0) is 63.8. The smallest absolute Gasteiger partial charge is 0.251 e. The molecule has 5 heterocycles. The van der Waals surface area contributed by atoms with E-state index in [2.05, 4.69) is 12.2 Å². The third kappa shape index (κ3) is 19.0. The van der Waals surface area contributed by atoms with E-state index in [1.807, 2.05) is 0 Å². The molecule has 0 spiro atoms. The van der Waals surface area contributed by atoms with Crippen LogP contribution < -0.4 is 33.0 Å². The Morgan fingerprint density at radius 2 is 1.02 bits per heavy atom. The molecule has 23 unspecified atom stereocenters. The second-order valence-electron chi connectivity index (χ2n) is 23.2. The monoisotopic (exact) mass is 1260 g/mol. The van der Waals surface area contributed by atoms with Crippen molar-refractivity contribution in [2.75, 3.05) is 46.2 Å². The van der Waals surface area contributed by atoms with Crippen LogP contribution >= 0.6 is 0 Å². The van der Waals surface area contributed by atoms with Gasteiger partial charge in [-0.3, -0.25) is 4.79 Å². The highest BCUT2D eigenvalue weighted by Gasteiger charge is 2.56. The molecular formula is C56H99N5O26. The van der Waals surface area contributed by atoms with Crippen LogP contribution in [0.25, 0.3) is 0 Å². The molecule has 5 aliphatic rings. The van der Waals surface area contributed by atoms with E-state index >= 15 is 0 Å². The molecule has 0 bridgehead atoms. The number of carbonyl (C=O) groups excluding carboxylic acids is 1. The Labute approximate surface area is 505 Å². The summed E-state index contributed by atoms with van der Waals surface area (Å²) in [5, 5.41) is 143. The molecule has 1 aromatic carbocycles. The Morgan fingerprint density at radius 1 is 0.575 bits per heavy atom. The molecule has 0 saturated carbocycles. The van der Waals surface area contributed by atoms with Gasteiger partial charge in [-0.05, 0) is 45.4 Å². The fourth-order valence-corrected chi connectivity index (χ4v) is 11.0. The Hall–Kier alpha value is -2.63. The first kappa shape index (κ1) is 73.4. The number of aliphatic hydroxyl groups excluding tert-OH is 13. The summed E-state index contributed by atoms with van der Waals surface area (Å²) in [4.78, 5) is 13.8. The minimum Gasteiger partial charge on any atom is -0.494 e. The first-order valence-corrected chi connectivity index (χ1v) is 30.2. The summed E-state index contributed by atoms with van der Waals surface area (Å²) in [6, 6.07) is -1.01. The lowest BCUT2D eigenvalue weighted by Gasteiger charge is -2.50. The van der Waals surface area contributed by atoms with E-state index in [1.165, 1.54) is 58.1 Å². The average molecular weight is 1260 g/mol. The van der Waals surface area contributed by atoms with Crippen LogP contribution in [0.1, 0.15) is 95.8 Å². The summed E-state index contributed by atoms with van der Waals surface area (Å²) in [5.41, 5.74) is 25.8. The van der Waals surface area contributed by atoms with Crippen molar-refractivity contribution in [1.29, 1.82) is 0 Å². The maximum absolute atomic E-state index is 13.8. The average Bonchev–Trinajstić information content (AvgIpc) is 1.37. The summed E-state index contributed by atoms with van der Waals surface area (Å²) in [6.07, 6.45) is -26.1. The summed E-state index contributed by atoms with van der Waals surface area (Å²) >= 11 is 0. The first-order chi connectivity index (χ1) is 41.5. The summed E-state index contributed by atoms with van der Waals surface area (Å²) in [6.45, 7) is 2.47. The maximum Gasteiger partial charge on any atom is 0.251 e. The molecule has 1 aromatic rings. The number of rotatable bonds is 33. The maximum atomic E-state index is 13.8. The lowest BCUT2D eigenvalue weighted by atomic mass is 9.93. The molecule has 87 heavy (non-hydrogen) atoms. The fourth-order valence-electron chi connectivity index (χ4n) is 11.0. The second-order valence-corrected chi connectivity index (χ2v) is 23.2. The van der Waals surface area contributed by atoms with Crippen LogP contribution in [0.15, 0.2) is 24.3 Å². The van der Waals surface area contributed by atoms with Gasteiger partial charge in [0, 0.05) is 5.56 Å². The van der Waals surface area contributed by atoms with Gasteiger partial charge < -0.3 is 151 Å². The van der Waals surface area contributed by atoms with E-state index in [9.17, 15) is 71.2 Å². The molecule has 22 N–H and O–H groups in total. The Bertz CT molecular complexity index is 2130. The number of unbranched alkanes of at least 4 members (excludes halogenated alkanes) is 8. The van der Waals surface area contributed by atoms with E-state index in [4.69, 9.17) is 79.8 Å². The minimum absolute atomic E-state index is 0.115. The molecule has 31 heteroatoms. The van der Waals surface area contributed by atoms with Gasteiger partial charge in [-0.2, -0.15) is 0 Å². The van der Waals surface area contributed by atoms with Crippen LogP contribution in [0.2, 0.25) is 0 Å². The number of hydrogen-bond donors (Lipinski definition) is 18. The summed E-state index contributed by atoms with van der Waals surface area (Å²) in [7, 11) is 0. The van der Waals surface area contributed by atoms with Gasteiger partial charge in [-0.1, -0.05) is 64.4 Å². The molecule has 5 aliphatic heterocycles. The number of carbonyl (C=O) groups is 1. The predicted octanol–water partition coefficient (Wildman–Crippen LogP) is -6.15. The molecule has 5 saturated heterocycles. The molecule has 0 radical (unpaired) electrons. The highest BCUT2D eigenvalue weighted by atomic mass is 16.8. The SMILES string of the molecule is CCCCCCCCCCCOc1cccc(C(=O)NC2C(OC3C(O)C(N)[C@H](OC4C(CO)OC(OC5C(O)C(N)[C@H](OC6C(COC(OC(C)[C@H](C)O)[C@H](O)CO)OC(C)C(N)C6O)O[C@H]5CO)C(N)C4O)O[C@H]3CO)OC(CO)C(O)C2O)c1. The number of nitrogens with two attached hydrogens (primary N) is 4. The molecule has 0 aromatic heterocycles. The third-order valence-corrected chi connectivity index (χ3v) is 16.6. The molecule has 504 valence electrons. The Kier molecular flexibility index (Phi) is 29.9. The Morgan fingerprint density at radius 3 is 1.49 bits per heavy atom. The van der Waals surface area contributed by atoms with Gasteiger partial charge in [0.2, 0.25) is 0 Å². The lowest BCUT2D eigenvalue weighted by molar-refractivity contribution is -0.363. The van der Waals surface area contributed by atoms with Crippen molar-refractivity contribution in [3.05, 3.63) is 29.8 Å². The van der Waals surface area contributed by atoms with Crippen LogP contribution in [0.3, 0.4) is 0 Å². The fraction of sp³-hybridized carbons (Fsp3) is 0.875. The molecule has 29 atom stereocenters. The van der Waals surface area contributed by atoms with Gasteiger partial charge in [-0.25, -0.2) is 0 Å². The standard InChI is InChI=1S/C56H99N5O26/c1-5-6-7-8-9-10-11-12-13-17-76-29-16-14-15-28(18-29)51(75)61-40-46(74)41(69)31(20-63)80-56(40)87-49-34(23-66)83-54(39(60)45(49)73)85-47-32(21-64)81-53(37(58)43(47)71)84-48-33(22-65)82-55(38(59)44(48)72)86-50-35(78-27(4)36(57)42(50)70)24-77-52(30(68)19-62)79-26(3)25(2)67/h14-16,18,25-27,30-50,52-56,62-74H,5-13,17,19-24,57-60H2,1-4H3,(H,61,75)/t25-,26?,27?,30+,31?,32?,33-,34-,35?,36?,37?,38?,39?,40?,41?,42?,43?,44?,45?,46?,47?,48?,49?,50?,52?,53?,54-,55-,56?/m0/s1. The van der Waals surface area contributed by atoms with Gasteiger partial charge >= 0.3 is 0 Å². The number of aliphatic hydroxyl groups is 13. The molecule has 5 fully saturated rings. The van der Waals surface area contributed by atoms with Gasteiger partial charge in [-0.15, -0.1) is 0 Å². The first-order valence-electron chi connectivity index (χ1n) is 30.2. The highest BCUT2D eigenvalue weighted by molar-refractivity contribution is 5.94. The van der Waals surface area contributed by atoms with E-state index < -0.39 is 223 Å². The zero-order valence-electron chi connectivity index (χ0n) is 49.8. The number of amides is 1. The van der Waals surface area contributed by atoms with Crippen molar-refractivity contribution in [2.24, 2.45) is 22.9 Å². The van der Waals surface area contributed by atoms with Crippen molar-refractivity contribution in [2.45, 2.75) is 263 Å². The van der Waals surface area contributed by atoms with Crippen molar-refractivity contribution in [1.82, 2.24) is 5.32 Å². The van der Waals surface area contributed by atoms with E-state index in [1.54, 1.807) is 19.1 Å². The van der Waals surface area contributed by atoms with Gasteiger partial charge in [0.25, 0.3) is 5.91 Å². The molecule has 6 rings (SSSR count). The van der Waals surface area contributed by atoms with E-state index in [0.29, 0.717) is 12.4 Å². The zero-order valence-corrected chi connectivity index (χ0v) is 49.8. The van der Waals surface area contributed by atoms with E-state index in [0.717, 1.165) is 25.7 Å². The van der Waals surface area contributed by atoms with Crippen LogP contribution in [0.5, 0.6) is 5.75 Å². The summed E-state index contributed by atoms with van der Waals surface area (Å²) in [5.74, 6) is -0.323. The highest BCUT2D eigenvalue weighted by Crippen LogP contribution is 2.35. The molecule has 31 nitrogen and oxygen atoms in total. The number of benzene rings is 1. The van der Waals surface area contributed by atoms with Gasteiger partial charge in [0.1, 0.15) is 109 Å². The second kappa shape index (κ2) is 35.4. The van der Waals surface area contributed by atoms with E-state index in [-0.39, 0.29) is 5.56 Å². The van der Waals surface area contributed by atoms with Gasteiger partial charge in [0.15, 0.2) is 31.5 Å². The predicted molar refractivity (Wildman–Crippen MR) is 300 cm³/mol. The Balaban J connectivity index is 1.07. The van der Waals surface area contributed by atoms with Crippen LogP contribution in [0.4, 0.5) is 0 Å². The lowest BCUT2D eigenvalue weighted by Crippen LogP contribution is -2.71. The van der Waals surface area contributed by atoms with Crippen molar-refractivity contribution in [3.8, 4) is 5.75 Å². The topological polar surface area (TPSA) is 507 Å². The largest absolute Gasteiger partial charge is 0.494 e. The minimum atomic E-state index is -1.83. The van der Waals surface area contributed by atoms with Crippen LogP contribution in [-0.4, -0.2) is 296 Å². The number of ether oxygens (including phenoxy) is 12. The number of hydrogen-bond acceptors (Lipinski definition) is 30. The third-order valence-electron chi connectivity index (χ3n) is 16.6. The van der Waals surface area contributed by atoms with Crippen molar-refractivity contribution >= 4 is 5.91 Å². The summed E-state index contributed by atoms with van der Waals surface area (Å²) < 4.78 is 71.4. The van der Waals surface area contributed by atoms with Crippen LogP contribution in [0, 0.1) is 0 Å². The van der Waals surface area contributed by atoms with Crippen molar-refractivity contribution < 1.29 is 128 Å². The molecule has 0 aliphatic carbocycles.